The van der Waals surface area contributed by atoms with E-state index < -0.39 is 10.1 Å². The summed E-state index contributed by atoms with van der Waals surface area (Å²) in [7, 11) is -4.33. The molecule has 0 fully saturated rings. The molecule has 25 heavy (non-hydrogen) atoms. The summed E-state index contributed by atoms with van der Waals surface area (Å²) in [6.45, 7) is 2.12. The molecule has 0 amide bonds. The first-order valence-electron chi connectivity index (χ1n) is 7.95. The van der Waals surface area contributed by atoms with Crippen molar-refractivity contribution >= 4 is 10.1 Å². The molecule has 2 aromatic carbocycles. The van der Waals surface area contributed by atoms with Gasteiger partial charge in [-0.25, -0.2) is 0 Å². The molecule has 0 aliphatic carbocycles. The average Bonchev–Trinajstić information content (AvgIpc) is 2.50. The molecule has 0 saturated heterocycles. The summed E-state index contributed by atoms with van der Waals surface area (Å²) in [6.07, 6.45) is 4.92. The predicted molar refractivity (Wildman–Crippen MR) is 90.1 cm³/mol. The number of ether oxygens (including phenoxy) is 1. The molecule has 0 atom stereocenters. The third kappa shape index (κ3) is 7.38. The minimum absolute atomic E-state index is 0. The monoisotopic (exact) mass is 372 g/mol. The van der Waals surface area contributed by atoms with E-state index in [1.54, 1.807) is 18.2 Å². The molecular formula is C18H21NaO5S. The van der Waals surface area contributed by atoms with Gasteiger partial charge < -0.3 is 9.84 Å². The van der Waals surface area contributed by atoms with Crippen molar-refractivity contribution in [1.29, 1.82) is 0 Å². The second kappa shape index (κ2) is 10.2. The maximum absolute atomic E-state index is 11.5. The molecule has 2 aromatic rings. The van der Waals surface area contributed by atoms with Gasteiger partial charge in [-0.3, -0.25) is 4.55 Å². The standard InChI is InChI=1S/C18H22O5S.Na/c1-2-3-4-5-7-14-10-17(13-18(11-14)24(20,21)22)23-16-9-6-8-15(19)12-16;/h6,8-13,19H,2-5,7H2,1H3,(H,20,21,22);/q;+1/p-1. The fourth-order valence-corrected chi connectivity index (χ4v) is 2.98. The van der Waals surface area contributed by atoms with E-state index in [0.717, 1.165) is 31.2 Å². The summed E-state index contributed by atoms with van der Waals surface area (Å²) in [5.41, 5.74) is 0.773. The van der Waals surface area contributed by atoms with Crippen molar-refractivity contribution < 1.29 is 52.4 Å². The van der Waals surface area contributed by atoms with Gasteiger partial charge in [0.25, 0.3) is 10.1 Å². The Bertz CT molecular complexity index is 790. The molecule has 130 valence electrons. The normalized spacial score (nSPS) is 11.0. The van der Waals surface area contributed by atoms with Crippen LogP contribution < -0.4 is 39.4 Å². The first-order chi connectivity index (χ1) is 11.4. The summed E-state index contributed by atoms with van der Waals surface area (Å²) in [5, 5.41) is 11.4. The summed E-state index contributed by atoms with van der Waals surface area (Å²) < 4.78 is 37.9. The van der Waals surface area contributed by atoms with Gasteiger partial charge in [-0.1, -0.05) is 38.3 Å². The van der Waals surface area contributed by atoms with Crippen molar-refractivity contribution in [1.82, 2.24) is 0 Å². The van der Waals surface area contributed by atoms with Crippen LogP contribution in [0.5, 0.6) is 17.2 Å². The van der Waals surface area contributed by atoms with E-state index in [1.807, 2.05) is 0 Å². The van der Waals surface area contributed by atoms with Crippen LogP contribution in [0.25, 0.3) is 0 Å². The first kappa shape index (κ1) is 22.0. The Labute approximate surface area is 171 Å². The van der Waals surface area contributed by atoms with Crippen LogP contribution in [-0.4, -0.2) is 13.0 Å². The molecule has 7 heteroatoms. The van der Waals surface area contributed by atoms with Crippen molar-refractivity contribution in [2.45, 2.75) is 43.9 Å². The van der Waals surface area contributed by atoms with Gasteiger partial charge in [-0.2, -0.15) is 8.42 Å². The molecule has 0 aromatic heterocycles. The topological polar surface area (TPSA) is 86.7 Å². The maximum atomic E-state index is 11.5. The zero-order valence-electron chi connectivity index (χ0n) is 14.6. The first-order valence-corrected chi connectivity index (χ1v) is 9.39. The van der Waals surface area contributed by atoms with E-state index in [1.165, 1.54) is 24.3 Å². The van der Waals surface area contributed by atoms with Gasteiger partial charge in [-0.05, 0) is 42.7 Å². The molecule has 0 heterocycles. The molecule has 0 bridgehead atoms. The minimum atomic E-state index is -4.33. The summed E-state index contributed by atoms with van der Waals surface area (Å²) >= 11 is 0. The van der Waals surface area contributed by atoms with Crippen molar-refractivity contribution in [3.63, 3.8) is 0 Å². The van der Waals surface area contributed by atoms with Gasteiger partial charge in [0.15, 0.2) is 0 Å². The van der Waals surface area contributed by atoms with Crippen LogP contribution in [0.3, 0.4) is 0 Å². The number of benzene rings is 2. The van der Waals surface area contributed by atoms with E-state index in [0.29, 0.717) is 12.2 Å². The van der Waals surface area contributed by atoms with Crippen LogP contribution in [-0.2, 0) is 16.5 Å². The average molecular weight is 372 g/mol. The number of hydrogen-bond acceptors (Lipinski definition) is 4. The molecular weight excluding hydrogens is 351 g/mol. The Balaban J connectivity index is 0.00000312. The fourth-order valence-electron chi connectivity index (χ4n) is 2.41. The summed E-state index contributed by atoms with van der Waals surface area (Å²) in [5.74, 6) is 0.409. The van der Waals surface area contributed by atoms with E-state index >= 15 is 0 Å². The van der Waals surface area contributed by atoms with Gasteiger partial charge in [0.2, 0.25) is 0 Å². The minimum Gasteiger partial charge on any atom is -0.872 e. The molecule has 5 nitrogen and oxygen atoms in total. The number of aryl methyl sites for hydroxylation is 1. The SMILES string of the molecule is CCCCCCc1cc(Oc2cccc([O-])c2)cc(S(=O)(=O)O)c1.[Na+]. The van der Waals surface area contributed by atoms with Crippen LogP contribution in [0.15, 0.2) is 47.4 Å². The van der Waals surface area contributed by atoms with E-state index in [-0.39, 0.29) is 46.0 Å². The Morgan fingerprint density at radius 2 is 1.80 bits per heavy atom. The van der Waals surface area contributed by atoms with Gasteiger partial charge in [0.05, 0.1) is 4.90 Å². The van der Waals surface area contributed by atoms with Crippen LogP contribution in [0, 0.1) is 0 Å². The molecule has 0 unspecified atom stereocenters. The molecule has 0 aliphatic rings. The van der Waals surface area contributed by atoms with E-state index in [2.05, 4.69) is 6.92 Å². The van der Waals surface area contributed by atoms with Crippen LogP contribution >= 0.6 is 0 Å². The van der Waals surface area contributed by atoms with Gasteiger partial charge in [0, 0.05) is 6.07 Å². The van der Waals surface area contributed by atoms with E-state index in [4.69, 9.17) is 4.74 Å². The van der Waals surface area contributed by atoms with Crippen molar-refractivity contribution in [2.75, 3.05) is 0 Å². The van der Waals surface area contributed by atoms with Gasteiger partial charge in [0.1, 0.15) is 11.5 Å². The number of unbranched alkanes of at least 4 members (excludes halogenated alkanes) is 3. The Kier molecular flexibility index (Phi) is 8.96. The van der Waals surface area contributed by atoms with Crippen molar-refractivity contribution in [3.05, 3.63) is 48.0 Å². The number of hydrogen-bond donors (Lipinski definition) is 1. The zero-order chi connectivity index (χ0) is 17.6. The summed E-state index contributed by atoms with van der Waals surface area (Å²) in [4.78, 5) is -0.205. The fraction of sp³-hybridized carbons (Fsp3) is 0.333. The van der Waals surface area contributed by atoms with Gasteiger partial charge in [-0.15, -0.1) is 5.75 Å². The van der Waals surface area contributed by atoms with Crippen LogP contribution in [0.4, 0.5) is 0 Å². The smallest absolute Gasteiger partial charge is 0.872 e. The Morgan fingerprint density at radius 3 is 2.44 bits per heavy atom. The Morgan fingerprint density at radius 1 is 1.04 bits per heavy atom. The third-order valence-electron chi connectivity index (χ3n) is 3.60. The third-order valence-corrected chi connectivity index (χ3v) is 4.43. The van der Waals surface area contributed by atoms with Crippen LogP contribution in [0.2, 0.25) is 0 Å². The second-order valence-corrected chi connectivity index (χ2v) is 7.10. The maximum Gasteiger partial charge on any atom is 1.00 e. The van der Waals surface area contributed by atoms with Crippen molar-refractivity contribution in [2.24, 2.45) is 0 Å². The molecule has 0 radical (unpaired) electrons. The quantitative estimate of drug-likeness (QED) is 0.423. The molecule has 0 saturated carbocycles. The predicted octanol–water partition coefficient (Wildman–Crippen LogP) is 0.926. The summed E-state index contributed by atoms with van der Waals surface area (Å²) in [6, 6.07) is 10.3. The Hall–Kier alpha value is -1.05. The van der Waals surface area contributed by atoms with Gasteiger partial charge >= 0.3 is 29.6 Å². The van der Waals surface area contributed by atoms with E-state index in [9.17, 15) is 18.1 Å². The largest absolute Gasteiger partial charge is 1.00 e. The molecule has 2 rings (SSSR count). The molecule has 0 aliphatic heterocycles. The molecule has 1 N–H and O–H groups in total. The van der Waals surface area contributed by atoms with Crippen LogP contribution in [0.1, 0.15) is 38.2 Å². The zero-order valence-corrected chi connectivity index (χ0v) is 17.4. The molecule has 0 spiro atoms. The number of rotatable bonds is 8. The van der Waals surface area contributed by atoms with Crippen molar-refractivity contribution in [3.8, 4) is 17.2 Å². The second-order valence-electron chi connectivity index (χ2n) is 5.68.